The third-order valence-corrected chi connectivity index (χ3v) is 4.35. The van der Waals surface area contributed by atoms with Crippen molar-refractivity contribution >= 4 is 0 Å². The molecule has 0 aromatic carbocycles. The van der Waals surface area contributed by atoms with E-state index in [-0.39, 0.29) is 18.3 Å². The van der Waals surface area contributed by atoms with Gasteiger partial charge in [-0.25, -0.2) is 0 Å². The molecule has 3 nitrogen and oxygen atoms in total. The molecular weight excluding hydrogens is 257 g/mol. The first-order valence-electron chi connectivity index (χ1n) is 6.97. The highest BCUT2D eigenvalue weighted by atomic mass is 19.4. The number of piperidine rings is 1. The Hall–Kier alpha value is -0.330. The fourth-order valence-electron chi connectivity index (χ4n) is 3.24. The van der Waals surface area contributed by atoms with Crippen LogP contribution >= 0.6 is 0 Å². The van der Waals surface area contributed by atoms with Gasteiger partial charge in [-0.1, -0.05) is 0 Å². The number of nitrogens with zero attached hydrogens (tertiary/aromatic N) is 1. The second kappa shape index (κ2) is 5.97. The summed E-state index contributed by atoms with van der Waals surface area (Å²) in [6.07, 6.45) is -2.56. The number of halogens is 3. The van der Waals surface area contributed by atoms with Crippen LogP contribution in [0.3, 0.4) is 0 Å². The van der Waals surface area contributed by atoms with Crippen molar-refractivity contribution in [3.05, 3.63) is 0 Å². The van der Waals surface area contributed by atoms with Crippen molar-refractivity contribution in [3.8, 4) is 0 Å². The molecule has 2 rings (SSSR count). The molecule has 2 aliphatic heterocycles. The summed E-state index contributed by atoms with van der Waals surface area (Å²) in [7, 11) is 1.91. The van der Waals surface area contributed by atoms with E-state index in [4.69, 9.17) is 4.74 Å². The first kappa shape index (κ1) is 15.1. The maximum absolute atomic E-state index is 12.6. The van der Waals surface area contributed by atoms with Crippen LogP contribution < -0.4 is 5.32 Å². The van der Waals surface area contributed by atoms with Crippen molar-refractivity contribution < 1.29 is 17.9 Å². The van der Waals surface area contributed by atoms with Gasteiger partial charge in [-0.15, -0.1) is 0 Å². The Morgan fingerprint density at radius 1 is 1.32 bits per heavy atom. The van der Waals surface area contributed by atoms with Crippen molar-refractivity contribution in [2.45, 2.75) is 25.4 Å². The molecule has 2 heterocycles. The van der Waals surface area contributed by atoms with Crippen LogP contribution in [-0.2, 0) is 4.74 Å². The number of alkyl halides is 3. The summed E-state index contributed by atoms with van der Waals surface area (Å²) in [6, 6.07) is 0. The number of ether oxygens (including phenoxy) is 1. The summed E-state index contributed by atoms with van der Waals surface area (Å²) in [5.74, 6) is -1.11. The summed E-state index contributed by atoms with van der Waals surface area (Å²) in [5, 5.41) is 3.19. The van der Waals surface area contributed by atoms with Gasteiger partial charge in [-0.05, 0) is 39.4 Å². The molecule has 112 valence electrons. The summed E-state index contributed by atoms with van der Waals surface area (Å²) in [6.45, 7) is 4.30. The molecule has 0 radical (unpaired) electrons. The SMILES string of the molecule is CNCC1(CN2CCC(C(F)(F)F)CC2)CCOC1. The van der Waals surface area contributed by atoms with E-state index in [1.54, 1.807) is 0 Å². The lowest BCUT2D eigenvalue weighted by atomic mass is 9.85. The summed E-state index contributed by atoms with van der Waals surface area (Å²) >= 11 is 0. The molecule has 2 saturated heterocycles. The van der Waals surface area contributed by atoms with E-state index in [1.165, 1.54) is 0 Å². The molecule has 0 spiro atoms. The van der Waals surface area contributed by atoms with Crippen molar-refractivity contribution in [1.29, 1.82) is 0 Å². The molecule has 1 N–H and O–H groups in total. The van der Waals surface area contributed by atoms with Gasteiger partial charge in [0.25, 0.3) is 0 Å². The van der Waals surface area contributed by atoms with E-state index in [1.807, 2.05) is 7.05 Å². The molecule has 0 bridgehead atoms. The molecule has 2 aliphatic rings. The molecule has 0 amide bonds. The molecule has 0 aliphatic carbocycles. The third-order valence-electron chi connectivity index (χ3n) is 4.35. The van der Waals surface area contributed by atoms with Gasteiger partial charge in [-0.3, -0.25) is 0 Å². The summed E-state index contributed by atoms with van der Waals surface area (Å²) in [4.78, 5) is 2.17. The zero-order valence-electron chi connectivity index (χ0n) is 11.4. The normalized spacial score (nSPS) is 30.9. The standard InChI is InChI=1S/C13H23F3N2O/c1-17-8-12(4-7-19-10-12)9-18-5-2-11(3-6-18)13(14,15)16/h11,17H,2-10H2,1H3. The molecule has 2 fully saturated rings. The Bertz CT molecular complexity index is 282. The minimum Gasteiger partial charge on any atom is -0.381 e. The van der Waals surface area contributed by atoms with E-state index >= 15 is 0 Å². The lowest BCUT2D eigenvalue weighted by molar-refractivity contribution is -0.185. The van der Waals surface area contributed by atoms with Crippen LogP contribution in [0.2, 0.25) is 0 Å². The summed E-state index contributed by atoms with van der Waals surface area (Å²) < 4.78 is 43.3. The molecule has 0 saturated carbocycles. The van der Waals surface area contributed by atoms with Crippen LogP contribution in [0.4, 0.5) is 13.2 Å². The number of nitrogens with one attached hydrogen (secondary N) is 1. The van der Waals surface area contributed by atoms with Crippen LogP contribution in [0, 0.1) is 11.3 Å². The van der Waals surface area contributed by atoms with Gasteiger partial charge >= 0.3 is 6.18 Å². The largest absolute Gasteiger partial charge is 0.391 e. The quantitative estimate of drug-likeness (QED) is 0.851. The van der Waals surface area contributed by atoms with E-state index in [2.05, 4.69) is 10.2 Å². The highest BCUT2D eigenvalue weighted by molar-refractivity contribution is 4.89. The molecule has 1 atom stereocenters. The Morgan fingerprint density at radius 3 is 2.47 bits per heavy atom. The maximum atomic E-state index is 12.6. The second-order valence-corrected chi connectivity index (χ2v) is 5.92. The Balaban J connectivity index is 1.84. The molecule has 0 aromatic heterocycles. The smallest absolute Gasteiger partial charge is 0.381 e. The van der Waals surface area contributed by atoms with E-state index in [0.717, 1.165) is 26.1 Å². The van der Waals surface area contributed by atoms with Gasteiger partial charge in [0.05, 0.1) is 12.5 Å². The fourth-order valence-corrected chi connectivity index (χ4v) is 3.24. The lowest BCUT2D eigenvalue weighted by Crippen LogP contribution is -2.47. The minimum absolute atomic E-state index is 0.0832. The molecule has 19 heavy (non-hydrogen) atoms. The Labute approximate surface area is 112 Å². The minimum atomic E-state index is -4.02. The van der Waals surface area contributed by atoms with Crippen molar-refractivity contribution in [1.82, 2.24) is 10.2 Å². The predicted molar refractivity (Wildman–Crippen MR) is 67.0 cm³/mol. The van der Waals surface area contributed by atoms with Crippen LogP contribution in [0.5, 0.6) is 0 Å². The number of hydrogen-bond donors (Lipinski definition) is 1. The first-order chi connectivity index (χ1) is 8.95. The lowest BCUT2D eigenvalue weighted by Gasteiger charge is -2.38. The van der Waals surface area contributed by atoms with Gasteiger partial charge in [0.2, 0.25) is 0 Å². The van der Waals surface area contributed by atoms with Gasteiger partial charge in [0.1, 0.15) is 0 Å². The molecule has 0 aromatic rings. The van der Waals surface area contributed by atoms with Crippen LogP contribution in [0.1, 0.15) is 19.3 Å². The van der Waals surface area contributed by atoms with Crippen molar-refractivity contribution in [3.63, 3.8) is 0 Å². The van der Waals surface area contributed by atoms with E-state index in [0.29, 0.717) is 19.7 Å². The van der Waals surface area contributed by atoms with Crippen LogP contribution in [-0.4, -0.2) is 57.5 Å². The molecule has 6 heteroatoms. The van der Waals surface area contributed by atoms with Crippen molar-refractivity contribution in [2.75, 3.05) is 46.4 Å². The molecular formula is C13H23F3N2O. The third kappa shape index (κ3) is 3.83. The highest BCUT2D eigenvalue weighted by Crippen LogP contribution is 2.36. The predicted octanol–water partition coefficient (Wildman–Crippen LogP) is 1.89. The van der Waals surface area contributed by atoms with Crippen molar-refractivity contribution in [2.24, 2.45) is 11.3 Å². The number of likely N-dealkylation sites (tertiary alicyclic amines) is 1. The van der Waals surface area contributed by atoms with Gasteiger partial charge < -0.3 is 15.0 Å². The van der Waals surface area contributed by atoms with Gasteiger partial charge in [-0.2, -0.15) is 13.2 Å². The van der Waals surface area contributed by atoms with E-state index in [9.17, 15) is 13.2 Å². The van der Waals surface area contributed by atoms with Gasteiger partial charge in [0, 0.05) is 25.1 Å². The fraction of sp³-hybridized carbons (Fsp3) is 1.00. The van der Waals surface area contributed by atoms with Gasteiger partial charge in [0.15, 0.2) is 0 Å². The Morgan fingerprint density at radius 2 is 2.00 bits per heavy atom. The molecule has 1 unspecified atom stereocenters. The second-order valence-electron chi connectivity index (χ2n) is 5.92. The van der Waals surface area contributed by atoms with Crippen LogP contribution in [0.25, 0.3) is 0 Å². The average molecular weight is 280 g/mol. The number of rotatable bonds is 4. The Kier molecular flexibility index (Phi) is 4.74. The van der Waals surface area contributed by atoms with Crippen LogP contribution in [0.15, 0.2) is 0 Å². The zero-order valence-corrected chi connectivity index (χ0v) is 11.4. The average Bonchev–Trinajstić information content (AvgIpc) is 2.77. The zero-order chi connectivity index (χ0) is 13.9. The summed E-state index contributed by atoms with van der Waals surface area (Å²) in [5.41, 5.74) is 0.0832. The highest BCUT2D eigenvalue weighted by Gasteiger charge is 2.43. The van der Waals surface area contributed by atoms with E-state index < -0.39 is 12.1 Å². The monoisotopic (exact) mass is 280 g/mol. The topological polar surface area (TPSA) is 24.5 Å². The number of hydrogen-bond acceptors (Lipinski definition) is 3. The maximum Gasteiger partial charge on any atom is 0.391 e. The first-order valence-corrected chi connectivity index (χ1v) is 6.97.